The zero-order valence-electron chi connectivity index (χ0n) is 11.7. The number of nitrogens with one attached hydrogen (secondary N) is 1. The van der Waals surface area contributed by atoms with Crippen molar-refractivity contribution in [2.24, 2.45) is 5.92 Å². The molecule has 1 saturated heterocycles. The maximum atomic E-state index is 4.68. The summed E-state index contributed by atoms with van der Waals surface area (Å²) in [5, 5.41) is 8.09. The smallest absolute Gasteiger partial charge is 0.0672 e. The van der Waals surface area contributed by atoms with Crippen LogP contribution >= 0.6 is 0 Å². The molecule has 1 N–H and O–H groups in total. The third kappa shape index (κ3) is 2.56. The second kappa shape index (κ2) is 5.17. The summed E-state index contributed by atoms with van der Waals surface area (Å²) in [5.74, 6) is 0.726. The second-order valence-electron chi connectivity index (χ2n) is 5.52. The van der Waals surface area contributed by atoms with E-state index >= 15 is 0 Å². The maximum absolute atomic E-state index is 4.68. The van der Waals surface area contributed by atoms with Crippen LogP contribution in [0.15, 0.2) is 30.5 Å². The van der Waals surface area contributed by atoms with Gasteiger partial charge in [-0.25, -0.2) is 0 Å². The molecular formula is C16H21N3. The average molecular weight is 255 g/mol. The Balaban J connectivity index is 1.87. The number of nitrogens with zero attached hydrogens (tertiary/aromatic N) is 2. The van der Waals surface area contributed by atoms with E-state index in [-0.39, 0.29) is 0 Å². The molecule has 0 saturated carbocycles. The van der Waals surface area contributed by atoms with Gasteiger partial charge >= 0.3 is 0 Å². The lowest BCUT2D eigenvalue weighted by Gasteiger charge is -2.07. The number of aryl methyl sites for hydroxylation is 2. The first-order valence-electron chi connectivity index (χ1n) is 7.05. The van der Waals surface area contributed by atoms with Crippen LogP contribution in [0.4, 0.5) is 0 Å². The Bertz CT molecular complexity index is 565. The molecule has 3 nitrogen and oxygen atoms in total. The van der Waals surface area contributed by atoms with Crippen LogP contribution in [0.2, 0.25) is 0 Å². The van der Waals surface area contributed by atoms with Gasteiger partial charge in [-0.15, -0.1) is 0 Å². The highest BCUT2D eigenvalue weighted by molar-refractivity contribution is 5.68. The number of hydrogen-bond donors (Lipinski definition) is 1. The summed E-state index contributed by atoms with van der Waals surface area (Å²) in [7, 11) is 0. The predicted molar refractivity (Wildman–Crippen MR) is 78.1 cm³/mol. The normalized spacial score (nSPS) is 18.9. The first kappa shape index (κ1) is 12.4. The first-order valence-corrected chi connectivity index (χ1v) is 7.05. The van der Waals surface area contributed by atoms with E-state index in [0.29, 0.717) is 0 Å². The second-order valence-corrected chi connectivity index (χ2v) is 5.52. The molecular weight excluding hydrogens is 234 g/mol. The molecule has 2 aromatic rings. The highest BCUT2D eigenvalue weighted by atomic mass is 15.3. The van der Waals surface area contributed by atoms with E-state index in [1.54, 1.807) is 0 Å². The van der Waals surface area contributed by atoms with E-state index < -0.39 is 0 Å². The van der Waals surface area contributed by atoms with Crippen LogP contribution in [0.3, 0.4) is 0 Å². The van der Waals surface area contributed by atoms with Crippen molar-refractivity contribution in [2.75, 3.05) is 13.1 Å². The zero-order chi connectivity index (χ0) is 13.2. The molecule has 0 amide bonds. The summed E-state index contributed by atoms with van der Waals surface area (Å²) in [6, 6.07) is 8.52. The average Bonchev–Trinajstić information content (AvgIpc) is 3.01. The van der Waals surface area contributed by atoms with E-state index in [9.17, 15) is 0 Å². The molecule has 19 heavy (non-hydrogen) atoms. The van der Waals surface area contributed by atoms with Crippen LogP contribution in [0.5, 0.6) is 0 Å². The van der Waals surface area contributed by atoms with Crippen LogP contribution in [-0.4, -0.2) is 22.9 Å². The zero-order valence-corrected chi connectivity index (χ0v) is 11.7. The van der Waals surface area contributed by atoms with E-state index in [4.69, 9.17) is 0 Å². The number of rotatable bonds is 3. The number of hydrogen-bond acceptors (Lipinski definition) is 2. The van der Waals surface area contributed by atoms with Crippen LogP contribution in [0.1, 0.15) is 17.7 Å². The van der Waals surface area contributed by atoms with Gasteiger partial charge in [-0.1, -0.05) is 24.3 Å². The molecule has 2 heterocycles. The van der Waals surface area contributed by atoms with Gasteiger partial charge in [-0.2, -0.15) is 5.10 Å². The molecule has 3 rings (SSSR count). The van der Waals surface area contributed by atoms with Gasteiger partial charge in [0.05, 0.1) is 5.69 Å². The molecule has 1 aliphatic heterocycles. The van der Waals surface area contributed by atoms with Gasteiger partial charge in [0.2, 0.25) is 0 Å². The van der Waals surface area contributed by atoms with E-state index in [2.05, 4.69) is 59.4 Å². The van der Waals surface area contributed by atoms with Crippen molar-refractivity contribution < 1.29 is 0 Å². The van der Waals surface area contributed by atoms with Crippen molar-refractivity contribution in [2.45, 2.75) is 26.8 Å². The highest BCUT2D eigenvalue weighted by Gasteiger charge is 2.16. The van der Waals surface area contributed by atoms with Crippen LogP contribution in [0, 0.1) is 19.8 Å². The molecule has 100 valence electrons. The minimum Gasteiger partial charge on any atom is -0.316 e. The van der Waals surface area contributed by atoms with Gasteiger partial charge in [0.15, 0.2) is 0 Å². The lowest BCUT2D eigenvalue weighted by Crippen LogP contribution is -2.14. The van der Waals surface area contributed by atoms with Crippen molar-refractivity contribution in [1.29, 1.82) is 0 Å². The molecule has 1 aromatic heterocycles. The van der Waals surface area contributed by atoms with Gasteiger partial charge in [-0.05, 0) is 50.4 Å². The molecule has 0 spiro atoms. The predicted octanol–water partition coefficient (Wildman–Crippen LogP) is 2.78. The summed E-state index contributed by atoms with van der Waals surface area (Å²) in [5.41, 5.74) is 5.01. The van der Waals surface area contributed by atoms with Gasteiger partial charge in [0, 0.05) is 18.3 Å². The van der Waals surface area contributed by atoms with Gasteiger partial charge in [0.25, 0.3) is 0 Å². The summed E-state index contributed by atoms with van der Waals surface area (Å²) >= 11 is 0. The Hall–Kier alpha value is -1.61. The Morgan fingerprint density at radius 2 is 2.11 bits per heavy atom. The van der Waals surface area contributed by atoms with E-state index in [0.717, 1.165) is 31.2 Å². The molecule has 3 heteroatoms. The standard InChI is InChI=1S/C16H21N3/c1-12-5-3-4-6-15(12)16-11-19(18-13(16)2)10-14-7-8-17-9-14/h3-6,11,14,17H,7-10H2,1-2H3. The summed E-state index contributed by atoms with van der Waals surface area (Å²) in [6.07, 6.45) is 3.47. The monoisotopic (exact) mass is 255 g/mol. The van der Waals surface area contributed by atoms with Gasteiger partial charge in [0.1, 0.15) is 0 Å². The molecule has 1 fully saturated rings. The molecule has 1 aromatic carbocycles. The minimum absolute atomic E-state index is 0.726. The van der Waals surface area contributed by atoms with Crippen molar-refractivity contribution in [3.63, 3.8) is 0 Å². The van der Waals surface area contributed by atoms with Crippen LogP contribution < -0.4 is 5.32 Å². The summed E-state index contributed by atoms with van der Waals surface area (Å²) in [4.78, 5) is 0. The fraction of sp³-hybridized carbons (Fsp3) is 0.438. The van der Waals surface area contributed by atoms with E-state index in [1.165, 1.54) is 23.1 Å². The van der Waals surface area contributed by atoms with Crippen molar-refractivity contribution in [3.8, 4) is 11.1 Å². The van der Waals surface area contributed by atoms with Crippen molar-refractivity contribution in [1.82, 2.24) is 15.1 Å². The quantitative estimate of drug-likeness (QED) is 0.914. The number of aromatic nitrogens is 2. The Labute approximate surface area is 114 Å². The topological polar surface area (TPSA) is 29.9 Å². The fourth-order valence-corrected chi connectivity index (χ4v) is 2.89. The summed E-state index contributed by atoms with van der Waals surface area (Å²) in [6.45, 7) is 7.56. The Morgan fingerprint density at radius 3 is 2.84 bits per heavy atom. The van der Waals surface area contributed by atoms with Gasteiger partial charge < -0.3 is 5.32 Å². The molecule has 1 unspecified atom stereocenters. The molecule has 1 aliphatic rings. The fourth-order valence-electron chi connectivity index (χ4n) is 2.89. The lowest BCUT2D eigenvalue weighted by molar-refractivity contribution is 0.448. The van der Waals surface area contributed by atoms with E-state index in [1.807, 2.05) is 0 Å². The van der Waals surface area contributed by atoms with Crippen LogP contribution in [-0.2, 0) is 6.54 Å². The Kier molecular flexibility index (Phi) is 3.38. The molecule has 0 radical (unpaired) electrons. The SMILES string of the molecule is Cc1ccccc1-c1cn(CC2CCNC2)nc1C. The maximum Gasteiger partial charge on any atom is 0.0672 e. The third-order valence-electron chi connectivity index (χ3n) is 3.99. The molecule has 1 atom stereocenters. The first-order chi connectivity index (χ1) is 9.24. The minimum atomic E-state index is 0.726. The highest BCUT2D eigenvalue weighted by Crippen LogP contribution is 2.26. The Morgan fingerprint density at radius 1 is 1.26 bits per heavy atom. The van der Waals surface area contributed by atoms with Crippen molar-refractivity contribution in [3.05, 3.63) is 41.7 Å². The third-order valence-corrected chi connectivity index (χ3v) is 3.99. The van der Waals surface area contributed by atoms with Gasteiger partial charge in [-0.3, -0.25) is 4.68 Å². The molecule has 0 bridgehead atoms. The summed E-state index contributed by atoms with van der Waals surface area (Å²) < 4.78 is 2.12. The molecule has 0 aliphatic carbocycles. The van der Waals surface area contributed by atoms with Crippen LogP contribution in [0.25, 0.3) is 11.1 Å². The lowest BCUT2D eigenvalue weighted by atomic mass is 10.0. The number of benzene rings is 1. The largest absolute Gasteiger partial charge is 0.316 e. The van der Waals surface area contributed by atoms with Crippen molar-refractivity contribution >= 4 is 0 Å².